The van der Waals surface area contributed by atoms with Crippen LogP contribution in [0.25, 0.3) is 6.08 Å². The van der Waals surface area contributed by atoms with Crippen LogP contribution in [-0.4, -0.2) is 68.7 Å². The number of carbonyl (C=O) groups excluding carboxylic acids is 2. The maximum absolute atomic E-state index is 12.6. The summed E-state index contributed by atoms with van der Waals surface area (Å²) in [5.74, 6) is 6.63. The number of pyridine rings is 2. The number of nitrogens with one attached hydrogen (secondary N) is 3. The number of allylic oxidation sites excluding steroid dienone is 1. The van der Waals surface area contributed by atoms with Gasteiger partial charge in [0.15, 0.2) is 0 Å². The van der Waals surface area contributed by atoms with Crippen LogP contribution in [0, 0.1) is 17.3 Å². The molecule has 0 atom stereocenters. The molecule has 0 aliphatic carbocycles. The van der Waals surface area contributed by atoms with E-state index in [1.54, 1.807) is 84.2 Å². The van der Waals surface area contributed by atoms with Gasteiger partial charge < -0.3 is 25.3 Å². The van der Waals surface area contributed by atoms with Crippen LogP contribution >= 0.6 is 0 Å². The number of imidazole rings is 1. The van der Waals surface area contributed by atoms with Gasteiger partial charge in [-0.25, -0.2) is 9.97 Å². The van der Waals surface area contributed by atoms with E-state index < -0.39 is 0 Å². The second-order valence-corrected chi connectivity index (χ2v) is 8.79. The number of H-pyrrole nitrogens is 1. The van der Waals surface area contributed by atoms with Gasteiger partial charge in [-0.3, -0.25) is 14.6 Å². The fraction of sp³-hybridized carbons (Fsp3) is 0.133. The van der Waals surface area contributed by atoms with Crippen LogP contribution in [0.3, 0.4) is 0 Å². The van der Waals surface area contributed by atoms with Crippen molar-refractivity contribution in [2.75, 3.05) is 31.6 Å². The molecule has 3 N–H and O–H groups in total. The molecule has 5 rings (SSSR count). The minimum atomic E-state index is -0.307. The van der Waals surface area contributed by atoms with E-state index in [0.29, 0.717) is 65.9 Å². The second kappa shape index (κ2) is 12.4. The zero-order chi connectivity index (χ0) is 27.7. The van der Waals surface area contributed by atoms with Crippen LogP contribution in [0.4, 0.5) is 5.82 Å². The topological polar surface area (TPSA) is 137 Å². The van der Waals surface area contributed by atoms with Gasteiger partial charge in [0.1, 0.15) is 17.3 Å². The van der Waals surface area contributed by atoms with Crippen molar-refractivity contribution < 1.29 is 14.3 Å². The highest BCUT2D eigenvalue weighted by atomic mass is 16.5. The van der Waals surface area contributed by atoms with Crippen LogP contribution in [0.1, 0.15) is 43.4 Å². The SMILES string of the molecule is N=C(/C=C\c1ncc(C#Cc2ccnc(NC(=O)c3cccnc3)c2)[nH]1)c1ccc(C(=O)N2CCOCC2)cc1. The third-order valence-corrected chi connectivity index (χ3v) is 6.01. The molecule has 40 heavy (non-hydrogen) atoms. The number of rotatable bonds is 6. The number of morpholine rings is 1. The Morgan fingerprint density at radius 3 is 2.55 bits per heavy atom. The Labute approximate surface area is 230 Å². The molecule has 1 aliphatic heterocycles. The van der Waals surface area contributed by atoms with E-state index in [-0.39, 0.29) is 17.5 Å². The summed E-state index contributed by atoms with van der Waals surface area (Å²) in [5.41, 5.74) is 3.25. The van der Waals surface area contributed by atoms with Gasteiger partial charge in [-0.05, 0) is 60.0 Å². The number of hydrogen-bond donors (Lipinski definition) is 3. The van der Waals surface area contributed by atoms with E-state index >= 15 is 0 Å². The van der Waals surface area contributed by atoms with Crippen LogP contribution in [0.5, 0.6) is 0 Å². The predicted octanol–water partition coefficient (Wildman–Crippen LogP) is 3.41. The summed E-state index contributed by atoms with van der Waals surface area (Å²) < 4.78 is 5.30. The van der Waals surface area contributed by atoms with Gasteiger partial charge in [-0.15, -0.1) is 0 Å². The van der Waals surface area contributed by atoms with Crippen LogP contribution in [-0.2, 0) is 4.74 Å². The van der Waals surface area contributed by atoms with Gasteiger partial charge in [0.25, 0.3) is 11.8 Å². The van der Waals surface area contributed by atoms with E-state index in [1.807, 2.05) is 0 Å². The van der Waals surface area contributed by atoms with Crippen molar-refractivity contribution in [1.29, 1.82) is 5.41 Å². The molecule has 10 nitrogen and oxygen atoms in total. The molecule has 4 heterocycles. The molecule has 1 aliphatic rings. The zero-order valence-electron chi connectivity index (χ0n) is 21.4. The van der Waals surface area contributed by atoms with E-state index in [4.69, 9.17) is 10.1 Å². The minimum absolute atomic E-state index is 0.0291. The number of aromatic nitrogens is 4. The average Bonchev–Trinajstić information content (AvgIpc) is 3.47. The lowest BCUT2D eigenvalue weighted by atomic mass is 10.1. The number of ether oxygens (including phenoxy) is 1. The Kier molecular flexibility index (Phi) is 8.15. The Morgan fingerprint density at radius 2 is 1.77 bits per heavy atom. The third kappa shape index (κ3) is 6.72. The fourth-order valence-electron chi connectivity index (χ4n) is 3.89. The molecule has 10 heteroatoms. The highest BCUT2D eigenvalue weighted by Crippen LogP contribution is 2.12. The maximum Gasteiger partial charge on any atom is 0.258 e. The second-order valence-electron chi connectivity index (χ2n) is 8.79. The summed E-state index contributed by atoms with van der Waals surface area (Å²) in [6.45, 7) is 2.28. The molecule has 0 saturated carbocycles. The number of amides is 2. The van der Waals surface area contributed by atoms with Crippen molar-refractivity contribution in [3.63, 3.8) is 0 Å². The molecule has 2 amide bonds. The largest absolute Gasteiger partial charge is 0.378 e. The molecule has 3 aromatic heterocycles. The molecule has 198 valence electrons. The molecule has 1 aromatic carbocycles. The fourth-order valence-corrected chi connectivity index (χ4v) is 3.89. The van der Waals surface area contributed by atoms with Crippen LogP contribution in [0.2, 0.25) is 0 Å². The smallest absolute Gasteiger partial charge is 0.258 e. The van der Waals surface area contributed by atoms with Gasteiger partial charge in [0, 0.05) is 42.8 Å². The molecule has 0 unspecified atom stereocenters. The molecule has 4 aromatic rings. The molecule has 1 fully saturated rings. The Hall–Kier alpha value is -5.40. The lowest BCUT2D eigenvalue weighted by Gasteiger charge is -2.26. The number of carbonyl (C=O) groups is 2. The summed E-state index contributed by atoms with van der Waals surface area (Å²) in [5, 5.41) is 11.1. The molecule has 0 radical (unpaired) electrons. The number of benzene rings is 1. The zero-order valence-corrected chi connectivity index (χ0v) is 21.4. The minimum Gasteiger partial charge on any atom is -0.378 e. The van der Waals surface area contributed by atoms with Crippen molar-refractivity contribution in [3.8, 4) is 11.8 Å². The average molecular weight is 532 g/mol. The summed E-state index contributed by atoms with van der Waals surface area (Å²) in [6, 6.07) is 13.8. The van der Waals surface area contributed by atoms with Crippen molar-refractivity contribution in [2.24, 2.45) is 0 Å². The summed E-state index contributed by atoms with van der Waals surface area (Å²) in [6.07, 6.45) is 9.58. The Bertz CT molecular complexity index is 1610. The van der Waals surface area contributed by atoms with Gasteiger partial charge in [0.2, 0.25) is 0 Å². The summed E-state index contributed by atoms with van der Waals surface area (Å²) in [7, 11) is 0. The Balaban J connectivity index is 1.18. The lowest BCUT2D eigenvalue weighted by molar-refractivity contribution is 0.0303. The first-order valence-corrected chi connectivity index (χ1v) is 12.5. The predicted molar refractivity (Wildman–Crippen MR) is 150 cm³/mol. The van der Waals surface area contributed by atoms with E-state index in [2.05, 4.69) is 37.1 Å². The normalized spacial score (nSPS) is 12.9. The van der Waals surface area contributed by atoms with Gasteiger partial charge >= 0.3 is 0 Å². The van der Waals surface area contributed by atoms with Gasteiger partial charge in [-0.1, -0.05) is 18.1 Å². The van der Waals surface area contributed by atoms with Crippen molar-refractivity contribution in [3.05, 3.63) is 113 Å². The first-order chi connectivity index (χ1) is 19.5. The molecular formula is C30H25N7O3. The number of hydrogen-bond acceptors (Lipinski definition) is 7. The summed E-state index contributed by atoms with van der Waals surface area (Å²) in [4.78, 5) is 42.2. The third-order valence-electron chi connectivity index (χ3n) is 6.01. The number of anilines is 1. The first kappa shape index (κ1) is 26.2. The number of nitrogens with zero attached hydrogens (tertiary/aromatic N) is 4. The van der Waals surface area contributed by atoms with Crippen molar-refractivity contribution in [2.45, 2.75) is 0 Å². The summed E-state index contributed by atoms with van der Waals surface area (Å²) >= 11 is 0. The van der Waals surface area contributed by atoms with Gasteiger partial charge in [-0.2, -0.15) is 0 Å². The molecule has 0 spiro atoms. The first-order valence-electron chi connectivity index (χ1n) is 12.5. The highest BCUT2D eigenvalue weighted by Gasteiger charge is 2.18. The molecule has 1 saturated heterocycles. The van der Waals surface area contributed by atoms with Crippen molar-refractivity contribution in [1.82, 2.24) is 24.8 Å². The number of aromatic amines is 1. The quantitative estimate of drug-likeness (QED) is 0.258. The lowest BCUT2D eigenvalue weighted by Crippen LogP contribution is -2.40. The Morgan fingerprint density at radius 1 is 0.975 bits per heavy atom. The van der Waals surface area contributed by atoms with Crippen molar-refractivity contribution >= 4 is 29.4 Å². The van der Waals surface area contributed by atoms with Gasteiger partial charge in [0.05, 0.1) is 30.7 Å². The molecular weight excluding hydrogens is 506 g/mol. The van der Waals surface area contributed by atoms with Crippen LogP contribution < -0.4 is 5.32 Å². The van der Waals surface area contributed by atoms with E-state index in [1.165, 1.54) is 6.20 Å². The standard InChI is InChI=1S/C30H25N7O3/c31-26(22-4-6-23(7-5-22)30(39)37-14-16-40-17-15-37)9-10-27-34-20-25(35-27)8-3-21-11-13-33-28(18-21)36-29(38)24-2-1-12-32-19-24/h1-2,4-7,9-13,18-20,31H,14-17H2,(H,34,35)(H,33,36,38)/b10-9-,31-26?. The van der Waals surface area contributed by atoms with E-state index in [9.17, 15) is 9.59 Å². The van der Waals surface area contributed by atoms with E-state index in [0.717, 1.165) is 0 Å². The maximum atomic E-state index is 12.6. The highest BCUT2D eigenvalue weighted by molar-refractivity contribution is 6.09. The van der Waals surface area contributed by atoms with Crippen LogP contribution in [0.15, 0.2) is 79.4 Å². The molecule has 0 bridgehead atoms. The monoisotopic (exact) mass is 531 g/mol.